The molecule has 0 aliphatic heterocycles. The van der Waals surface area contributed by atoms with Gasteiger partial charge in [-0.3, -0.25) is 4.79 Å². The Kier molecular flexibility index (Phi) is 16.8. The van der Waals surface area contributed by atoms with Gasteiger partial charge in [0, 0.05) is 12.2 Å². The van der Waals surface area contributed by atoms with Crippen LogP contribution in [0.2, 0.25) is 12.6 Å². The SMILES string of the molecule is CCCCCCCC[Si](C)(OC(C)C)OC(C)C.O=CS. The Morgan fingerprint density at radius 1 is 0.952 bits per heavy atom. The second-order valence-electron chi connectivity index (χ2n) is 6.09. The summed E-state index contributed by atoms with van der Waals surface area (Å²) in [4.78, 5) is 8.67. The van der Waals surface area contributed by atoms with E-state index in [0.717, 1.165) is 6.04 Å². The van der Waals surface area contributed by atoms with Crippen LogP contribution < -0.4 is 0 Å². The van der Waals surface area contributed by atoms with E-state index in [1.165, 1.54) is 38.5 Å². The smallest absolute Gasteiger partial charge is 0.335 e. The molecule has 0 unspecified atom stereocenters. The van der Waals surface area contributed by atoms with E-state index in [9.17, 15) is 0 Å². The molecule has 3 nitrogen and oxygen atoms in total. The summed E-state index contributed by atoms with van der Waals surface area (Å²) >= 11 is 3.11. The van der Waals surface area contributed by atoms with Gasteiger partial charge in [0.2, 0.25) is 0 Å². The van der Waals surface area contributed by atoms with Crippen LogP contribution in [0.1, 0.15) is 73.1 Å². The van der Waals surface area contributed by atoms with E-state index in [0.29, 0.717) is 5.62 Å². The molecule has 5 heteroatoms. The number of hydrogen-bond donors (Lipinski definition) is 1. The first kappa shape index (κ1) is 23.4. The molecule has 0 radical (unpaired) electrons. The number of carbonyl (C=O) groups is 1. The molecule has 0 spiro atoms. The maximum absolute atomic E-state index is 8.67. The zero-order valence-electron chi connectivity index (χ0n) is 14.9. The second-order valence-corrected chi connectivity index (χ2v) is 9.54. The molecule has 0 saturated heterocycles. The van der Waals surface area contributed by atoms with Crippen molar-refractivity contribution in [3.05, 3.63) is 0 Å². The van der Waals surface area contributed by atoms with Crippen LogP contribution in [0, 0.1) is 0 Å². The van der Waals surface area contributed by atoms with Crippen LogP contribution in [0.4, 0.5) is 0 Å². The third-order valence-electron chi connectivity index (χ3n) is 2.95. The average Bonchev–Trinajstić information content (AvgIpc) is 2.32. The second kappa shape index (κ2) is 15.1. The zero-order valence-corrected chi connectivity index (χ0v) is 16.7. The molecule has 0 atom stereocenters. The average molecular weight is 337 g/mol. The van der Waals surface area contributed by atoms with Gasteiger partial charge in [-0.05, 0) is 40.3 Å². The molecule has 0 aromatic carbocycles. The van der Waals surface area contributed by atoms with E-state index in [1.54, 1.807) is 0 Å². The fraction of sp³-hybridized carbons (Fsp3) is 0.938. The van der Waals surface area contributed by atoms with Crippen molar-refractivity contribution in [2.75, 3.05) is 0 Å². The van der Waals surface area contributed by atoms with Gasteiger partial charge in [0.05, 0.1) is 0 Å². The van der Waals surface area contributed by atoms with E-state index in [1.807, 2.05) is 0 Å². The van der Waals surface area contributed by atoms with Gasteiger partial charge < -0.3 is 8.85 Å². The number of hydrogen-bond acceptors (Lipinski definition) is 3. The molecule has 0 aromatic heterocycles. The lowest BCUT2D eigenvalue weighted by molar-refractivity contribution is 0.109. The number of rotatable bonds is 11. The monoisotopic (exact) mass is 336 g/mol. The molecular formula is C16H36O3SSi. The van der Waals surface area contributed by atoms with Crippen LogP contribution in [0.15, 0.2) is 0 Å². The fourth-order valence-electron chi connectivity index (χ4n) is 2.37. The van der Waals surface area contributed by atoms with Crippen molar-refractivity contribution < 1.29 is 13.6 Å². The molecule has 0 bridgehead atoms. The number of carbonyl (C=O) groups excluding carboxylic acids is 1. The van der Waals surface area contributed by atoms with Gasteiger partial charge in [0.25, 0.3) is 0 Å². The van der Waals surface area contributed by atoms with E-state index < -0.39 is 8.56 Å². The van der Waals surface area contributed by atoms with E-state index in [2.05, 4.69) is 53.8 Å². The lowest BCUT2D eigenvalue weighted by Crippen LogP contribution is -2.42. The molecule has 0 aliphatic rings. The van der Waals surface area contributed by atoms with E-state index in [4.69, 9.17) is 13.6 Å². The molecule has 0 heterocycles. The lowest BCUT2D eigenvalue weighted by Gasteiger charge is -2.31. The maximum atomic E-state index is 8.67. The van der Waals surface area contributed by atoms with Crippen LogP contribution in [-0.2, 0) is 13.6 Å². The van der Waals surface area contributed by atoms with Gasteiger partial charge >= 0.3 is 8.56 Å². The van der Waals surface area contributed by atoms with Crippen LogP contribution >= 0.6 is 12.6 Å². The Morgan fingerprint density at radius 2 is 1.33 bits per heavy atom. The highest BCUT2D eigenvalue weighted by Gasteiger charge is 2.33. The molecule has 0 amide bonds. The highest BCUT2D eigenvalue weighted by atomic mass is 32.1. The van der Waals surface area contributed by atoms with Crippen molar-refractivity contribution in [1.29, 1.82) is 0 Å². The van der Waals surface area contributed by atoms with Gasteiger partial charge in [-0.1, -0.05) is 45.4 Å². The van der Waals surface area contributed by atoms with Gasteiger partial charge in [0.1, 0.15) is 0 Å². The molecule has 0 aromatic rings. The highest BCUT2D eigenvalue weighted by Crippen LogP contribution is 2.22. The molecule has 0 fully saturated rings. The predicted molar refractivity (Wildman–Crippen MR) is 98.0 cm³/mol. The molecule has 0 saturated carbocycles. The molecular weight excluding hydrogens is 300 g/mol. The molecule has 0 N–H and O–H groups in total. The van der Waals surface area contributed by atoms with Gasteiger partial charge in [-0.2, -0.15) is 0 Å². The number of thiol groups is 1. The summed E-state index contributed by atoms with van der Waals surface area (Å²) in [6.07, 6.45) is 8.57. The minimum Gasteiger partial charge on any atom is -0.392 e. The van der Waals surface area contributed by atoms with Crippen molar-refractivity contribution in [1.82, 2.24) is 0 Å². The normalized spacial score (nSPS) is 11.5. The van der Waals surface area contributed by atoms with Crippen molar-refractivity contribution in [2.24, 2.45) is 0 Å². The van der Waals surface area contributed by atoms with Crippen LogP contribution in [0.5, 0.6) is 0 Å². The van der Waals surface area contributed by atoms with Crippen molar-refractivity contribution in [3.8, 4) is 0 Å². The summed E-state index contributed by atoms with van der Waals surface area (Å²) in [5, 5.41) is 0. The summed E-state index contributed by atoms with van der Waals surface area (Å²) < 4.78 is 12.2. The van der Waals surface area contributed by atoms with Crippen molar-refractivity contribution in [2.45, 2.75) is 97.9 Å². The number of unbranched alkanes of at least 4 members (excludes halogenated alkanes) is 5. The molecule has 21 heavy (non-hydrogen) atoms. The Labute approximate surface area is 138 Å². The summed E-state index contributed by atoms with van der Waals surface area (Å²) in [7, 11) is -1.94. The highest BCUT2D eigenvalue weighted by molar-refractivity contribution is 7.94. The predicted octanol–water partition coefficient (Wildman–Crippen LogP) is 5.38. The first-order valence-electron chi connectivity index (χ1n) is 8.24. The Morgan fingerprint density at radius 3 is 1.71 bits per heavy atom. The fourth-order valence-corrected chi connectivity index (χ4v) is 5.55. The summed E-state index contributed by atoms with van der Waals surface area (Å²) in [5.74, 6) is 0. The van der Waals surface area contributed by atoms with Gasteiger partial charge in [-0.15, -0.1) is 12.6 Å². The zero-order chi connectivity index (χ0) is 16.7. The van der Waals surface area contributed by atoms with Crippen LogP contribution in [0.3, 0.4) is 0 Å². The Hall–Kier alpha value is 0.157. The summed E-state index contributed by atoms with van der Waals surface area (Å²) in [5.41, 5.74) is 0.444. The molecule has 128 valence electrons. The Bertz CT molecular complexity index is 226. The topological polar surface area (TPSA) is 35.5 Å². The summed E-state index contributed by atoms with van der Waals surface area (Å²) in [6, 6.07) is 1.13. The third-order valence-corrected chi connectivity index (χ3v) is 6.16. The standard InChI is InChI=1S/C15H34O2Si.CH2OS/c1-7-8-9-10-11-12-13-18(6,16-14(2)3)17-15(4)5;2-1-3/h14-15H,7-13H2,1-6H3;1H,(H,2,3). The van der Waals surface area contributed by atoms with Crippen molar-refractivity contribution in [3.63, 3.8) is 0 Å². The third kappa shape index (κ3) is 18.1. The van der Waals surface area contributed by atoms with Crippen molar-refractivity contribution >= 4 is 26.8 Å². The van der Waals surface area contributed by atoms with E-state index >= 15 is 0 Å². The molecule has 0 aliphatic carbocycles. The van der Waals surface area contributed by atoms with Crippen LogP contribution in [-0.4, -0.2) is 26.4 Å². The minimum atomic E-state index is -1.94. The first-order valence-corrected chi connectivity index (χ1v) is 11.3. The summed E-state index contributed by atoms with van der Waals surface area (Å²) in [6.45, 7) is 12.9. The quantitative estimate of drug-likeness (QED) is 0.238. The van der Waals surface area contributed by atoms with Gasteiger partial charge in [0.15, 0.2) is 5.62 Å². The van der Waals surface area contributed by atoms with Crippen LogP contribution in [0.25, 0.3) is 0 Å². The maximum Gasteiger partial charge on any atom is 0.335 e. The minimum absolute atomic E-state index is 0.278. The molecule has 0 rings (SSSR count). The largest absolute Gasteiger partial charge is 0.392 e. The van der Waals surface area contributed by atoms with Gasteiger partial charge in [-0.25, -0.2) is 0 Å². The first-order chi connectivity index (χ1) is 9.81. The Balaban J connectivity index is 0. The lowest BCUT2D eigenvalue weighted by atomic mass is 10.1. The van der Waals surface area contributed by atoms with E-state index in [-0.39, 0.29) is 12.2 Å².